The standard InChI is InChI=1S/C19H25ClN4O2/c20-15-5-6-17(21-12-15)22-7-9-23(10-8-22)19(26)14-11-18(25)24(13-14)16-3-1-2-4-16/h5-6,12,14,16H,1-4,7-11,13H2. The molecule has 3 fully saturated rings. The minimum Gasteiger partial charge on any atom is -0.353 e. The molecular formula is C19H25ClN4O2. The molecule has 0 N–H and O–H groups in total. The molecule has 0 spiro atoms. The summed E-state index contributed by atoms with van der Waals surface area (Å²) in [6, 6.07) is 4.12. The first-order valence-corrected chi connectivity index (χ1v) is 9.94. The van der Waals surface area contributed by atoms with Crippen molar-refractivity contribution >= 4 is 29.2 Å². The molecule has 1 unspecified atom stereocenters. The fourth-order valence-corrected chi connectivity index (χ4v) is 4.55. The van der Waals surface area contributed by atoms with Gasteiger partial charge in [0.15, 0.2) is 0 Å². The zero-order chi connectivity index (χ0) is 18.1. The first-order chi connectivity index (χ1) is 12.6. The van der Waals surface area contributed by atoms with Crippen LogP contribution in [0.3, 0.4) is 0 Å². The van der Waals surface area contributed by atoms with Crippen LogP contribution < -0.4 is 4.90 Å². The van der Waals surface area contributed by atoms with Crippen molar-refractivity contribution in [3.63, 3.8) is 0 Å². The number of nitrogens with zero attached hydrogens (tertiary/aromatic N) is 4. The second-order valence-corrected chi connectivity index (χ2v) is 7.97. The van der Waals surface area contributed by atoms with Crippen molar-refractivity contribution in [2.75, 3.05) is 37.6 Å². The fourth-order valence-electron chi connectivity index (χ4n) is 4.44. The second kappa shape index (κ2) is 7.43. The molecule has 3 heterocycles. The van der Waals surface area contributed by atoms with Crippen LogP contribution in [-0.2, 0) is 9.59 Å². The number of amides is 2. The summed E-state index contributed by atoms with van der Waals surface area (Å²) >= 11 is 5.89. The lowest BCUT2D eigenvalue weighted by atomic mass is 10.1. The Labute approximate surface area is 159 Å². The van der Waals surface area contributed by atoms with E-state index in [0.717, 1.165) is 31.7 Å². The molecular weight excluding hydrogens is 352 g/mol. The van der Waals surface area contributed by atoms with Crippen molar-refractivity contribution in [1.29, 1.82) is 0 Å². The van der Waals surface area contributed by atoms with Gasteiger partial charge in [0.05, 0.1) is 10.9 Å². The molecule has 2 aliphatic heterocycles. The number of likely N-dealkylation sites (tertiary alicyclic amines) is 1. The third-order valence-electron chi connectivity index (χ3n) is 5.90. The summed E-state index contributed by atoms with van der Waals surface area (Å²) in [5.41, 5.74) is 0. The van der Waals surface area contributed by atoms with E-state index in [0.29, 0.717) is 37.1 Å². The van der Waals surface area contributed by atoms with Crippen LogP contribution in [0.1, 0.15) is 32.1 Å². The SMILES string of the molecule is O=C(C1CC(=O)N(C2CCCC2)C1)N1CCN(c2ccc(Cl)cn2)CC1. The van der Waals surface area contributed by atoms with Gasteiger partial charge in [-0.05, 0) is 25.0 Å². The molecule has 2 amide bonds. The number of halogens is 1. The average Bonchev–Trinajstić information content (AvgIpc) is 3.31. The summed E-state index contributed by atoms with van der Waals surface area (Å²) in [6.45, 7) is 3.48. The van der Waals surface area contributed by atoms with Crippen molar-refractivity contribution in [3.05, 3.63) is 23.4 Å². The molecule has 1 aromatic heterocycles. The lowest BCUT2D eigenvalue weighted by Gasteiger charge is -2.36. The minimum atomic E-state index is -0.164. The van der Waals surface area contributed by atoms with E-state index in [1.54, 1.807) is 6.20 Å². The van der Waals surface area contributed by atoms with Crippen LogP contribution >= 0.6 is 11.6 Å². The molecule has 140 valence electrons. The van der Waals surface area contributed by atoms with Crippen molar-refractivity contribution in [3.8, 4) is 0 Å². The molecule has 3 aliphatic rings. The number of hydrogen-bond acceptors (Lipinski definition) is 4. The van der Waals surface area contributed by atoms with Crippen LogP contribution in [0.5, 0.6) is 0 Å². The van der Waals surface area contributed by atoms with Gasteiger partial charge in [0.25, 0.3) is 0 Å². The third-order valence-corrected chi connectivity index (χ3v) is 6.12. The number of carbonyl (C=O) groups excluding carboxylic acids is 2. The van der Waals surface area contributed by atoms with Crippen molar-refractivity contribution in [1.82, 2.24) is 14.8 Å². The highest BCUT2D eigenvalue weighted by Crippen LogP contribution is 2.30. The predicted molar refractivity (Wildman–Crippen MR) is 100 cm³/mol. The topological polar surface area (TPSA) is 56.8 Å². The number of anilines is 1. The summed E-state index contributed by atoms with van der Waals surface area (Å²) in [4.78, 5) is 35.7. The first kappa shape index (κ1) is 17.6. The molecule has 1 aromatic rings. The number of aromatic nitrogens is 1. The van der Waals surface area contributed by atoms with E-state index >= 15 is 0 Å². The highest BCUT2D eigenvalue weighted by atomic mass is 35.5. The average molecular weight is 377 g/mol. The molecule has 7 heteroatoms. The van der Waals surface area contributed by atoms with Crippen LogP contribution in [0.25, 0.3) is 0 Å². The number of pyridine rings is 1. The molecule has 4 rings (SSSR count). The number of rotatable bonds is 3. The third kappa shape index (κ3) is 3.52. The smallest absolute Gasteiger partial charge is 0.228 e. The maximum absolute atomic E-state index is 12.9. The van der Waals surface area contributed by atoms with Crippen molar-refractivity contribution in [2.24, 2.45) is 5.92 Å². The maximum atomic E-state index is 12.9. The van der Waals surface area contributed by atoms with Gasteiger partial charge in [-0.25, -0.2) is 4.98 Å². The van der Waals surface area contributed by atoms with E-state index in [9.17, 15) is 9.59 Å². The first-order valence-electron chi connectivity index (χ1n) is 9.56. The molecule has 0 aromatic carbocycles. The van der Waals surface area contributed by atoms with Gasteiger partial charge in [-0.2, -0.15) is 0 Å². The molecule has 1 atom stereocenters. The molecule has 1 aliphatic carbocycles. The van der Waals surface area contributed by atoms with Crippen LogP contribution in [-0.4, -0.2) is 65.4 Å². The predicted octanol–water partition coefficient (Wildman–Crippen LogP) is 2.17. The van der Waals surface area contributed by atoms with Gasteiger partial charge in [-0.15, -0.1) is 0 Å². The van der Waals surface area contributed by atoms with Gasteiger partial charge in [-0.1, -0.05) is 24.4 Å². The Kier molecular flexibility index (Phi) is 5.02. The normalized spacial score (nSPS) is 24.6. The van der Waals surface area contributed by atoms with Crippen LogP contribution in [0.2, 0.25) is 5.02 Å². The monoisotopic (exact) mass is 376 g/mol. The Hall–Kier alpha value is -1.82. The molecule has 0 radical (unpaired) electrons. The largest absolute Gasteiger partial charge is 0.353 e. The lowest BCUT2D eigenvalue weighted by molar-refractivity contribution is -0.136. The summed E-state index contributed by atoms with van der Waals surface area (Å²) in [6.07, 6.45) is 6.63. The van der Waals surface area contributed by atoms with Crippen LogP contribution in [0, 0.1) is 5.92 Å². The van der Waals surface area contributed by atoms with E-state index in [1.165, 1.54) is 12.8 Å². The number of carbonyl (C=O) groups is 2. The van der Waals surface area contributed by atoms with Gasteiger partial charge < -0.3 is 14.7 Å². The summed E-state index contributed by atoms with van der Waals surface area (Å²) < 4.78 is 0. The maximum Gasteiger partial charge on any atom is 0.228 e. The van der Waals surface area contributed by atoms with Gasteiger partial charge in [-0.3, -0.25) is 9.59 Å². The Morgan fingerprint density at radius 3 is 2.50 bits per heavy atom. The fraction of sp³-hybridized carbons (Fsp3) is 0.632. The molecule has 1 saturated carbocycles. The van der Waals surface area contributed by atoms with Gasteiger partial charge in [0, 0.05) is 51.4 Å². The Bertz CT molecular complexity index is 667. The van der Waals surface area contributed by atoms with Gasteiger partial charge in [0.1, 0.15) is 5.82 Å². The number of piperazine rings is 1. The zero-order valence-electron chi connectivity index (χ0n) is 14.9. The van der Waals surface area contributed by atoms with Crippen molar-refractivity contribution < 1.29 is 9.59 Å². The Morgan fingerprint density at radius 1 is 1.12 bits per heavy atom. The minimum absolute atomic E-state index is 0.141. The van der Waals surface area contributed by atoms with E-state index in [1.807, 2.05) is 21.9 Å². The number of hydrogen-bond donors (Lipinski definition) is 0. The molecule has 6 nitrogen and oxygen atoms in total. The highest BCUT2D eigenvalue weighted by Gasteiger charge is 2.40. The van der Waals surface area contributed by atoms with E-state index < -0.39 is 0 Å². The highest BCUT2D eigenvalue weighted by molar-refractivity contribution is 6.30. The van der Waals surface area contributed by atoms with E-state index in [-0.39, 0.29) is 17.7 Å². The lowest BCUT2D eigenvalue weighted by Crippen LogP contribution is -2.51. The van der Waals surface area contributed by atoms with Gasteiger partial charge in [0.2, 0.25) is 11.8 Å². The molecule has 26 heavy (non-hydrogen) atoms. The second-order valence-electron chi connectivity index (χ2n) is 7.53. The van der Waals surface area contributed by atoms with Gasteiger partial charge >= 0.3 is 0 Å². The van der Waals surface area contributed by atoms with Crippen molar-refractivity contribution in [2.45, 2.75) is 38.1 Å². The molecule has 0 bridgehead atoms. The van der Waals surface area contributed by atoms with E-state index in [2.05, 4.69) is 9.88 Å². The summed E-state index contributed by atoms with van der Waals surface area (Å²) in [7, 11) is 0. The Morgan fingerprint density at radius 2 is 1.85 bits per heavy atom. The van der Waals surface area contributed by atoms with E-state index in [4.69, 9.17) is 11.6 Å². The van der Waals surface area contributed by atoms with Crippen LogP contribution in [0.15, 0.2) is 18.3 Å². The summed E-state index contributed by atoms with van der Waals surface area (Å²) in [5.74, 6) is 1.04. The quantitative estimate of drug-likeness (QED) is 0.811. The zero-order valence-corrected chi connectivity index (χ0v) is 15.7. The summed E-state index contributed by atoms with van der Waals surface area (Å²) in [5, 5.41) is 0.625. The van der Waals surface area contributed by atoms with Crippen LogP contribution in [0.4, 0.5) is 5.82 Å². The Balaban J connectivity index is 1.32. The molecule has 2 saturated heterocycles.